The molecule has 2 rings (SSSR count). The summed E-state index contributed by atoms with van der Waals surface area (Å²) in [6.45, 7) is 5.57. The van der Waals surface area contributed by atoms with Gasteiger partial charge >= 0.3 is 6.18 Å². The fraction of sp³-hybridized carbons (Fsp3) is 0.316. The maximum Gasteiger partial charge on any atom is 0.416 e. The zero-order valence-corrected chi connectivity index (χ0v) is 17.3. The first-order valence-electron chi connectivity index (χ1n) is 8.19. The van der Waals surface area contributed by atoms with Gasteiger partial charge in [-0.3, -0.25) is 4.79 Å². The number of hydrogen-bond acceptors (Lipinski definition) is 2. The Morgan fingerprint density at radius 3 is 2.33 bits per heavy atom. The molecule has 0 fully saturated rings. The largest absolute Gasteiger partial charge is 0.416 e. The maximum atomic E-state index is 12.8. The van der Waals surface area contributed by atoms with Gasteiger partial charge in [0.1, 0.15) is 6.04 Å². The van der Waals surface area contributed by atoms with E-state index in [1.807, 2.05) is 32.9 Å². The average Bonchev–Trinajstić information content (AvgIpc) is 2.55. The third kappa shape index (κ3) is 5.62. The lowest BCUT2D eigenvalue weighted by molar-refractivity contribution is -0.137. The third-order valence-corrected chi connectivity index (χ3v) is 5.18. The molecular weight excluding hydrogens is 445 g/mol. The minimum atomic E-state index is -4.48. The van der Waals surface area contributed by atoms with Crippen molar-refractivity contribution in [2.24, 2.45) is 5.92 Å². The molecule has 0 aromatic heterocycles. The number of carbonyl (C=O) groups excluding carboxylic acids is 1. The van der Waals surface area contributed by atoms with E-state index >= 15 is 0 Å². The van der Waals surface area contributed by atoms with Crippen molar-refractivity contribution in [2.45, 2.75) is 33.0 Å². The van der Waals surface area contributed by atoms with Gasteiger partial charge in [-0.1, -0.05) is 41.4 Å². The van der Waals surface area contributed by atoms with Gasteiger partial charge in [0.2, 0.25) is 5.91 Å². The predicted octanol–water partition coefficient (Wildman–Crippen LogP) is 6.50. The van der Waals surface area contributed by atoms with Crippen molar-refractivity contribution in [1.82, 2.24) is 0 Å². The van der Waals surface area contributed by atoms with E-state index in [0.29, 0.717) is 5.69 Å². The van der Waals surface area contributed by atoms with Crippen LogP contribution in [-0.4, -0.2) is 11.9 Å². The Balaban J connectivity index is 2.20. The van der Waals surface area contributed by atoms with E-state index in [9.17, 15) is 18.0 Å². The predicted molar refractivity (Wildman–Crippen MR) is 106 cm³/mol. The molecule has 0 aliphatic rings. The number of hydrogen-bond donors (Lipinski definition) is 2. The fourth-order valence-corrected chi connectivity index (χ4v) is 2.94. The van der Waals surface area contributed by atoms with Crippen molar-refractivity contribution in [3.05, 3.63) is 57.0 Å². The SMILES string of the molecule is Cc1cc(NC(=O)C(Nc2ccc(C(F)(F)F)cc2Cl)C(C)C)ccc1Br. The molecule has 1 atom stereocenters. The molecule has 3 nitrogen and oxygen atoms in total. The van der Waals surface area contributed by atoms with Gasteiger partial charge in [-0.2, -0.15) is 13.2 Å². The molecule has 0 aliphatic carbocycles. The molecule has 8 heteroatoms. The summed E-state index contributed by atoms with van der Waals surface area (Å²) in [5.41, 5.74) is 1.03. The number of amides is 1. The highest BCUT2D eigenvalue weighted by Crippen LogP contribution is 2.34. The maximum absolute atomic E-state index is 12.8. The molecule has 27 heavy (non-hydrogen) atoms. The van der Waals surface area contributed by atoms with Crippen LogP contribution >= 0.6 is 27.5 Å². The standard InChI is InChI=1S/C19H19BrClF3N2O/c1-10(2)17(18(27)25-13-5-6-14(20)11(3)8-13)26-16-7-4-12(9-15(16)21)19(22,23)24/h4-10,17,26H,1-3H3,(H,25,27). The quantitative estimate of drug-likeness (QED) is 0.531. The highest BCUT2D eigenvalue weighted by atomic mass is 79.9. The van der Waals surface area contributed by atoms with Gasteiger partial charge in [-0.05, 0) is 54.8 Å². The first-order chi connectivity index (χ1) is 12.5. The number of benzene rings is 2. The molecule has 2 aromatic rings. The van der Waals surface area contributed by atoms with Gasteiger partial charge < -0.3 is 10.6 Å². The van der Waals surface area contributed by atoms with Crippen LogP contribution in [0.5, 0.6) is 0 Å². The lowest BCUT2D eigenvalue weighted by Gasteiger charge is -2.24. The molecular formula is C19H19BrClF3N2O. The number of carbonyl (C=O) groups is 1. The molecule has 0 heterocycles. The van der Waals surface area contributed by atoms with Gasteiger partial charge in [-0.15, -0.1) is 0 Å². The Morgan fingerprint density at radius 2 is 1.81 bits per heavy atom. The third-order valence-electron chi connectivity index (χ3n) is 3.98. The molecule has 0 saturated heterocycles. The molecule has 0 aliphatic heterocycles. The molecule has 2 aromatic carbocycles. The first kappa shape index (κ1) is 21.6. The van der Waals surface area contributed by atoms with E-state index in [0.717, 1.165) is 22.2 Å². The Kier molecular flexibility index (Phi) is 6.81. The van der Waals surface area contributed by atoms with Gasteiger partial charge in [0.15, 0.2) is 0 Å². The summed E-state index contributed by atoms with van der Waals surface area (Å²) in [4.78, 5) is 12.7. The van der Waals surface area contributed by atoms with Crippen molar-refractivity contribution < 1.29 is 18.0 Å². The van der Waals surface area contributed by atoms with Gasteiger partial charge in [0.05, 0.1) is 16.3 Å². The Morgan fingerprint density at radius 1 is 1.15 bits per heavy atom. The number of halogens is 5. The highest BCUT2D eigenvalue weighted by molar-refractivity contribution is 9.10. The summed E-state index contributed by atoms with van der Waals surface area (Å²) in [7, 11) is 0. The van der Waals surface area contributed by atoms with Gasteiger partial charge in [0.25, 0.3) is 0 Å². The molecule has 1 unspecified atom stereocenters. The van der Waals surface area contributed by atoms with Crippen LogP contribution in [-0.2, 0) is 11.0 Å². The van der Waals surface area contributed by atoms with Crippen molar-refractivity contribution in [3.8, 4) is 0 Å². The molecule has 0 saturated carbocycles. The van der Waals surface area contributed by atoms with Crippen LogP contribution in [0.2, 0.25) is 5.02 Å². The van der Waals surface area contributed by atoms with E-state index in [1.165, 1.54) is 6.07 Å². The van der Waals surface area contributed by atoms with Crippen molar-refractivity contribution in [1.29, 1.82) is 0 Å². The van der Waals surface area contributed by atoms with Crippen LogP contribution in [0.25, 0.3) is 0 Å². The van der Waals surface area contributed by atoms with Crippen LogP contribution in [0.4, 0.5) is 24.5 Å². The van der Waals surface area contributed by atoms with Crippen LogP contribution in [0, 0.1) is 12.8 Å². The van der Waals surface area contributed by atoms with Gasteiger partial charge in [0, 0.05) is 10.2 Å². The smallest absolute Gasteiger partial charge is 0.372 e. The summed E-state index contributed by atoms with van der Waals surface area (Å²) in [5, 5.41) is 5.68. The van der Waals surface area contributed by atoms with Crippen molar-refractivity contribution in [2.75, 3.05) is 10.6 Å². The van der Waals surface area contributed by atoms with Crippen LogP contribution in [0.15, 0.2) is 40.9 Å². The lowest BCUT2D eigenvalue weighted by atomic mass is 10.0. The van der Waals surface area contributed by atoms with Gasteiger partial charge in [-0.25, -0.2) is 0 Å². The summed E-state index contributed by atoms with van der Waals surface area (Å²) in [5.74, 6) is -0.428. The van der Waals surface area contributed by atoms with Crippen molar-refractivity contribution in [3.63, 3.8) is 0 Å². The minimum absolute atomic E-state index is 0.0947. The van der Waals surface area contributed by atoms with Crippen LogP contribution in [0.3, 0.4) is 0 Å². The highest BCUT2D eigenvalue weighted by Gasteiger charge is 2.31. The Hall–Kier alpha value is -1.73. The molecule has 0 spiro atoms. The van der Waals surface area contributed by atoms with Crippen molar-refractivity contribution >= 4 is 44.8 Å². The number of alkyl halides is 3. The second-order valence-corrected chi connectivity index (χ2v) is 7.77. The molecule has 2 N–H and O–H groups in total. The van der Waals surface area contributed by atoms with Crippen LogP contribution < -0.4 is 10.6 Å². The topological polar surface area (TPSA) is 41.1 Å². The molecule has 146 valence electrons. The minimum Gasteiger partial charge on any atom is -0.372 e. The number of anilines is 2. The molecule has 1 amide bonds. The zero-order valence-electron chi connectivity index (χ0n) is 14.9. The average molecular weight is 464 g/mol. The number of aryl methyl sites for hydroxylation is 1. The lowest BCUT2D eigenvalue weighted by Crippen LogP contribution is -2.39. The fourth-order valence-electron chi connectivity index (χ4n) is 2.45. The second-order valence-electron chi connectivity index (χ2n) is 6.51. The number of rotatable bonds is 5. The zero-order chi connectivity index (χ0) is 20.4. The Labute approximate surface area is 169 Å². The summed E-state index contributed by atoms with van der Waals surface area (Å²) < 4.78 is 39.3. The summed E-state index contributed by atoms with van der Waals surface area (Å²) in [6.07, 6.45) is -4.48. The van der Waals surface area contributed by atoms with Crippen LogP contribution in [0.1, 0.15) is 25.0 Å². The Bertz CT molecular complexity index is 840. The van der Waals surface area contributed by atoms with E-state index in [2.05, 4.69) is 26.6 Å². The van der Waals surface area contributed by atoms with E-state index in [-0.39, 0.29) is 22.5 Å². The van der Waals surface area contributed by atoms with E-state index in [4.69, 9.17) is 11.6 Å². The molecule has 0 radical (unpaired) electrons. The molecule has 0 bridgehead atoms. The van der Waals surface area contributed by atoms with E-state index < -0.39 is 17.8 Å². The summed E-state index contributed by atoms with van der Waals surface area (Å²) >= 11 is 9.39. The number of nitrogens with one attached hydrogen (secondary N) is 2. The first-order valence-corrected chi connectivity index (χ1v) is 9.36. The monoisotopic (exact) mass is 462 g/mol. The van der Waals surface area contributed by atoms with E-state index in [1.54, 1.807) is 6.07 Å². The normalized spacial score (nSPS) is 12.8. The second kappa shape index (κ2) is 8.52. The summed E-state index contributed by atoms with van der Waals surface area (Å²) in [6, 6.07) is 7.75.